The summed E-state index contributed by atoms with van der Waals surface area (Å²) in [5.41, 5.74) is 1.39. The number of aromatic nitrogens is 2. The van der Waals surface area contributed by atoms with Crippen molar-refractivity contribution in [3.05, 3.63) is 22.5 Å². The van der Waals surface area contributed by atoms with Crippen LogP contribution in [0.5, 0.6) is 0 Å². The molecule has 0 aliphatic rings. The molecule has 7 heteroatoms. The maximum absolute atomic E-state index is 11.5. The van der Waals surface area contributed by atoms with Gasteiger partial charge in [-0.15, -0.1) is 0 Å². The number of hydrogen-bond acceptors (Lipinski definition) is 3. The highest BCUT2D eigenvalue weighted by atomic mass is 35.5. The van der Waals surface area contributed by atoms with E-state index >= 15 is 0 Å². The first-order chi connectivity index (χ1) is 8.82. The Balaban J connectivity index is 2.62. The van der Waals surface area contributed by atoms with Gasteiger partial charge >= 0.3 is 5.97 Å². The van der Waals surface area contributed by atoms with Crippen LogP contribution in [0.2, 0.25) is 5.15 Å². The molecule has 0 radical (unpaired) electrons. The second kappa shape index (κ2) is 6.38. The number of carbonyl (C=O) groups excluding carboxylic acids is 1. The molecular formula is C12H16ClN3O3. The van der Waals surface area contributed by atoms with Crippen LogP contribution in [0.1, 0.15) is 18.2 Å². The molecule has 0 aliphatic heterocycles. The van der Waals surface area contributed by atoms with Crippen molar-refractivity contribution < 1.29 is 14.7 Å². The monoisotopic (exact) mass is 285 g/mol. The number of halogens is 1. The second-order valence-corrected chi connectivity index (χ2v) is 4.59. The predicted octanol–water partition coefficient (Wildman–Crippen LogP) is 1.23. The summed E-state index contributed by atoms with van der Waals surface area (Å²) < 4.78 is 1.51. The minimum Gasteiger partial charge on any atom is -0.481 e. The Morgan fingerprint density at radius 3 is 2.68 bits per heavy atom. The number of carboxylic acid groups (broad SMARTS) is 1. The van der Waals surface area contributed by atoms with Gasteiger partial charge in [-0.25, -0.2) is 0 Å². The first kappa shape index (κ1) is 15.2. The van der Waals surface area contributed by atoms with Crippen LogP contribution >= 0.6 is 11.6 Å². The van der Waals surface area contributed by atoms with Crippen molar-refractivity contribution in [2.24, 2.45) is 13.0 Å². The van der Waals surface area contributed by atoms with E-state index in [1.54, 1.807) is 20.0 Å². The molecule has 1 rings (SSSR count). The molecule has 1 unspecified atom stereocenters. The summed E-state index contributed by atoms with van der Waals surface area (Å²) in [4.78, 5) is 22.1. The lowest BCUT2D eigenvalue weighted by atomic mass is 10.2. The minimum atomic E-state index is -0.949. The fraction of sp³-hybridized carbons (Fsp3) is 0.417. The summed E-state index contributed by atoms with van der Waals surface area (Å²) in [6, 6.07) is 0. The first-order valence-corrected chi connectivity index (χ1v) is 6.08. The molecular weight excluding hydrogens is 270 g/mol. The average Bonchev–Trinajstić information content (AvgIpc) is 2.58. The zero-order valence-corrected chi connectivity index (χ0v) is 11.7. The first-order valence-electron chi connectivity index (χ1n) is 5.70. The third-order valence-corrected chi connectivity index (χ3v) is 3.05. The van der Waals surface area contributed by atoms with E-state index in [1.807, 2.05) is 0 Å². The third kappa shape index (κ3) is 4.10. The van der Waals surface area contributed by atoms with Crippen molar-refractivity contribution in [2.45, 2.75) is 13.8 Å². The standard InChI is InChI=1S/C12H16ClN3O3/c1-7(12(18)19)6-14-10(17)5-4-9-8(2)15-16(3)11(9)13/h4-5,7H,6H2,1-3H3,(H,14,17)(H,18,19)/b5-4+. The van der Waals surface area contributed by atoms with Crippen LogP contribution in [0.4, 0.5) is 0 Å². The molecule has 0 aromatic carbocycles. The number of hydrogen-bond donors (Lipinski definition) is 2. The number of aliphatic carboxylic acids is 1. The van der Waals surface area contributed by atoms with Crippen LogP contribution < -0.4 is 5.32 Å². The smallest absolute Gasteiger partial charge is 0.308 e. The Bertz CT molecular complexity index is 523. The van der Waals surface area contributed by atoms with E-state index in [4.69, 9.17) is 16.7 Å². The maximum atomic E-state index is 11.5. The minimum absolute atomic E-state index is 0.0816. The fourth-order valence-corrected chi connectivity index (χ4v) is 1.63. The molecule has 0 spiro atoms. The van der Waals surface area contributed by atoms with E-state index in [2.05, 4.69) is 10.4 Å². The van der Waals surface area contributed by atoms with Gasteiger partial charge in [0.1, 0.15) is 5.15 Å². The predicted molar refractivity (Wildman–Crippen MR) is 71.8 cm³/mol. The molecule has 2 N–H and O–H groups in total. The third-order valence-electron chi connectivity index (χ3n) is 2.60. The zero-order chi connectivity index (χ0) is 14.6. The summed E-state index contributed by atoms with van der Waals surface area (Å²) in [7, 11) is 1.71. The fourth-order valence-electron chi connectivity index (χ4n) is 1.39. The molecule has 0 fully saturated rings. The molecule has 1 aromatic heterocycles. The zero-order valence-electron chi connectivity index (χ0n) is 11.0. The number of amides is 1. The van der Waals surface area contributed by atoms with Crippen molar-refractivity contribution in [2.75, 3.05) is 6.54 Å². The van der Waals surface area contributed by atoms with Crippen LogP contribution in [-0.4, -0.2) is 33.3 Å². The van der Waals surface area contributed by atoms with Crippen molar-refractivity contribution in [1.29, 1.82) is 0 Å². The number of carbonyl (C=O) groups is 2. The highest BCUT2D eigenvalue weighted by Gasteiger charge is 2.11. The highest BCUT2D eigenvalue weighted by molar-refractivity contribution is 6.31. The Hall–Kier alpha value is -1.82. The van der Waals surface area contributed by atoms with E-state index < -0.39 is 11.9 Å². The van der Waals surface area contributed by atoms with Gasteiger partial charge < -0.3 is 10.4 Å². The van der Waals surface area contributed by atoms with Crippen LogP contribution in [-0.2, 0) is 16.6 Å². The molecule has 1 amide bonds. The van der Waals surface area contributed by atoms with E-state index in [-0.39, 0.29) is 12.5 Å². The molecule has 6 nitrogen and oxygen atoms in total. The van der Waals surface area contributed by atoms with Gasteiger partial charge in [-0.1, -0.05) is 18.5 Å². The van der Waals surface area contributed by atoms with Crippen LogP contribution in [0, 0.1) is 12.8 Å². The van der Waals surface area contributed by atoms with Gasteiger partial charge in [0.15, 0.2) is 0 Å². The molecule has 0 saturated carbocycles. The van der Waals surface area contributed by atoms with E-state index in [0.29, 0.717) is 10.7 Å². The van der Waals surface area contributed by atoms with Crippen LogP contribution in [0.3, 0.4) is 0 Å². The Morgan fingerprint density at radius 2 is 2.21 bits per heavy atom. The molecule has 104 valence electrons. The Morgan fingerprint density at radius 1 is 1.58 bits per heavy atom. The molecule has 19 heavy (non-hydrogen) atoms. The Kier molecular flexibility index (Phi) is 5.11. The topological polar surface area (TPSA) is 84.2 Å². The van der Waals surface area contributed by atoms with Crippen molar-refractivity contribution in [1.82, 2.24) is 15.1 Å². The lowest BCUT2D eigenvalue weighted by Gasteiger charge is -2.05. The normalized spacial score (nSPS) is 12.6. The molecule has 1 atom stereocenters. The Labute approximate surface area is 116 Å². The van der Waals surface area contributed by atoms with E-state index in [1.165, 1.54) is 17.7 Å². The van der Waals surface area contributed by atoms with Gasteiger partial charge in [0.05, 0.1) is 11.6 Å². The molecule has 0 aliphatic carbocycles. The molecule has 1 heterocycles. The number of nitrogens with one attached hydrogen (secondary N) is 1. The van der Waals surface area contributed by atoms with E-state index in [0.717, 1.165) is 5.69 Å². The highest BCUT2D eigenvalue weighted by Crippen LogP contribution is 2.19. The van der Waals surface area contributed by atoms with Gasteiger partial charge in [0.2, 0.25) is 5.91 Å². The van der Waals surface area contributed by atoms with Gasteiger partial charge in [-0.05, 0) is 13.0 Å². The van der Waals surface area contributed by atoms with Crippen LogP contribution in [0.25, 0.3) is 6.08 Å². The van der Waals surface area contributed by atoms with Crippen molar-refractivity contribution in [3.63, 3.8) is 0 Å². The number of aryl methyl sites for hydroxylation is 2. The molecule has 0 saturated heterocycles. The van der Waals surface area contributed by atoms with E-state index in [9.17, 15) is 9.59 Å². The summed E-state index contributed by atoms with van der Waals surface area (Å²) in [6.07, 6.45) is 2.87. The van der Waals surface area contributed by atoms with Crippen molar-refractivity contribution >= 4 is 29.6 Å². The SMILES string of the molecule is Cc1nn(C)c(Cl)c1/C=C/C(=O)NCC(C)C(=O)O. The lowest BCUT2D eigenvalue weighted by molar-refractivity contribution is -0.141. The number of rotatable bonds is 5. The largest absolute Gasteiger partial charge is 0.481 e. The average molecular weight is 286 g/mol. The second-order valence-electron chi connectivity index (χ2n) is 4.23. The summed E-state index contributed by atoms with van der Waals surface area (Å²) >= 11 is 6.01. The van der Waals surface area contributed by atoms with Crippen LogP contribution in [0.15, 0.2) is 6.08 Å². The van der Waals surface area contributed by atoms with Gasteiger partial charge in [0, 0.05) is 25.2 Å². The summed E-state index contributed by atoms with van der Waals surface area (Å²) in [5, 5.41) is 15.7. The van der Waals surface area contributed by atoms with Gasteiger partial charge in [-0.3, -0.25) is 14.3 Å². The summed E-state index contributed by atoms with van der Waals surface area (Å²) in [6.45, 7) is 3.39. The lowest BCUT2D eigenvalue weighted by Crippen LogP contribution is -2.30. The summed E-state index contributed by atoms with van der Waals surface area (Å²) in [5.74, 6) is -1.94. The number of carboxylic acids is 1. The maximum Gasteiger partial charge on any atom is 0.308 e. The molecule has 0 bridgehead atoms. The van der Waals surface area contributed by atoms with Gasteiger partial charge in [0.25, 0.3) is 0 Å². The number of nitrogens with zero attached hydrogens (tertiary/aromatic N) is 2. The molecule has 1 aromatic rings. The van der Waals surface area contributed by atoms with Crippen molar-refractivity contribution in [3.8, 4) is 0 Å². The van der Waals surface area contributed by atoms with Gasteiger partial charge in [-0.2, -0.15) is 5.10 Å². The quantitative estimate of drug-likeness (QED) is 0.797.